The van der Waals surface area contributed by atoms with Gasteiger partial charge in [0.1, 0.15) is 0 Å². The molecule has 0 spiro atoms. The van der Waals surface area contributed by atoms with Gasteiger partial charge in [-0.2, -0.15) is 0 Å². The molecule has 56 valence electrons. The smallest absolute Gasteiger partial charge is 0.230 e. The van der Waals surface area contributed by atoms with Crippen LogP contribution in [0.3, 0.4) is 0 Å². The molecule has 0 aliphatic carbocycles. The summed E-state index contributed by atoms with van der Waals surface area (Å²) < 4.78 is 35.8. The van der Waals surface area contributed by atoms with Crippen molar-refractivity contribution in [1.29, 1.82) is 0 Å². The van der Waals surface area contributed by atoms with Gasteiger partial charge in [-0.05, 0) is 0 Å². The highest BCUT2D eigenvalue weighted by Gasteiger charge is 2.29. The highest BCUT2D eigenvalue weighted by molar-refractivity contribution is 6.19. The summed E-state index contributed by atoms with van der Waals surface area (Å²) in [5, 5.41) is 0. The average molecular weight is 161 g/mol. The maximum atomic E-state index is 12.1. The molecule has 0 nitrogen and oxygen atoms in total. The first-order chi connectivity index (χ1) is 3.98. The molecule has 0 saturated heterocycles. The van der Waals surface area contributed by atoms with Gasteiger partial charge in [0.05, 0.1) is 6.42 Å². The summed E-state index contributed by atoms with van der Waals surface area (Å²) in [6, 6.07) is 0. The van der Waals surface area contributed by atoms with Crippen LogP contribution in [0, 0.1) is 0 Å². The Morgan fingerprint density at radius 2 is 2.00 bits per heavy atom. The van der Waals surface area contributed by atoms with Gasteiger partial charge >= 0.3 is 0 Å². The molecule has 0 saturated carbocycles. The molecule has 4 heteroatoms. The van der Waals surface area contributed by atoms with E-state index in [0.717, 1.165) is 0 Å². The number of hydrogen-bond acceptors (Lipinski definition) is 0. The van der Waals surface area contributed by atoms with Crippen LogP contribution in [0.2, 0.25) is 0 Å². The first kappa shape index (κ1) is 9.08. The molecule has 0 aromatic rings. The van der Waals surface area contributed by atoms with Crippen molar-refractivity contribution in [3.63, 3.8) is 0 Å². The van der Waals surface area contributed by atoms with Crippen LogP contribution >= 0.6 is 11.6 Å². The third-order valence-corrected chi connectivity index (χ3v) is 1.12. The fraction of sp³-hybridized carbons (Fsp3) is 1.00. The van der Waals surface area contributed by atoms with Crippen LogP contribution in [-0.4, -0.2) is 11.6 Å². The summed E-state index contributed by atoms with van der Waals surface area (Å²) in [5.41, 5.74) is -1.93. The van der Waals surface area contributed by atoms with E-state index in [4.69, 9.17) is 11.6 Å². The van der Waals surface area contributed by atoms with Crippen LogP contribution < -0.4 is 0 Å². The minimum absolute atomic E-state index is 0.361. The summed E-state index contributed by atoms with van der Waals surface area (Å²) in [4.78, 5) is 0. The molecule has 1 unspecified atom stereocenters. The van der Waals surface area contributed by atoms with Gasteiger partial charge in [-0.25, -0.2) is 13.2 Å². The van der Waals surface area contributed by atoms with E-state index in [1.807, 2.05) is 0 Å². The third kappa shape index (κ3) is 4.58. The van der Waals surface area contributed by atoms with Crippen molar-refractivity contribution < 1.29 is 13.2 Å². The molecule has 0 aliphatic heterocycles. The van der Waals surface area contributed by atoms with Crippen LogP contribution in [0.1, 0.15) is 19.8 Å². The van der Waals surface area contributed by atoms with E-state index >= 15 is 0 Å². The Balaban J connectivity index is 3.58. The maximum absolute atomic E-state index is 12.1. The number of alkyl halides is 4. The van der Waals surface area contributed by atoms with Gasteiger partial charge in [0.15, 0.2) is 5.63 Å². The molecule has 0 N–H and O–H groups in total. The molecule has 9 heavy (non-hydrogen) atoms. The minimum Gasteiger partial charge on any atom is -0.230 e. The summed E-state index contributed by atoms with van der Waals surface area (Å²) in [7, 11) is 0. The van der Waals surface area contributed by atoms with Gasteiger partial charge in [0.2, 0.25) is 0 Å². The minimum atomic E-state index is -2.94. The van der Waals surface area contributed by atoms with Crippen molar-refractivity contribution in [3.05, 3.63) is 0 Å². The summed E-state index contributed by atoms with van der Waals surface area (Å²) in [6.45, 7) is 1.29. The van der Waals surface area contributed by atoms with Crippen LogP contribution in [-0.2, 0) is 0 Å². The Morgan fingerprint density at radius 3 is 2.11 bits per heavy atom. The van der Waals surface area contributed by atoms with Gasteiger partial charge in [-0.1, -0.05) is 18.5 Å². The largest absolute Gasteiger partial charge is 0.251 e. The lowest BCUT2D eigenvalue weighted by Gasteiger charge is -2.12. The van der Waals surface area contributed by atoms with Crippen molar-refractivity contribution in [2.75, 3.05) is 0 Å². The second-order valence-corrected chi connectivity index (χ2v) is 2.28. The molecule has 0 aromatic carbocycles. The van der Waals surface area contributed by atoms with Crippen LogP contribution in [0.4, 0.5) is 13.2 Å². The SMILES string of the molecule is CCC(F)(F)CC(F)Cl. The summed E-state index contributed by atoms with van der Waals surface area (Å²) >= 11 is 4.69. The molecule has 0 bridgehead atoms. The number of hydrogen-bond donors (Lipinski definition) is 0. The van der Waals surface area contributed by atoms with E-state index < -0.39 is 18.0 Å². The number of rotatable bonds is 3. The van der Waals surface area contributed by atoms with Gasteiger partial charge in [-0.3, -0.25) is 0 Å². The Labute approximate surface area is 57.0 Å². The molecule has 0 heterocycles. The highest BCUT2D eigenvalue weighted by atomic mass is 35.5. The zero-order valence-corrected chi connectivity index (χ0v) is 5.76. The van der Waals surface area contributed by atoms with Crippen LogP contribution in [0.25, 0.3) is 0 Å². The van der Waals surface area contributed by atoms with Crippen LogP contribution in [0.15, 0.2) is 0 Å². The fourth-order valence-electron chi connectivity index (χ4n) is 0.370. The maximum Gasteiger partial charge on any atom is 0.251 e. The van der Waals surface area contributed by atoms with Gasteiger partial charge in [-0.15, -0.1) is 0 Å². The van der Waals surface area contributed by atoms with Gasteiger partial charge < -0.3 is 0 Å². The predicted molar refractivity (Wildman–Crippen MR) is 30.6 cm³/mol. The van der Waals surface area contributed by atoms with Crippen molar-refractivity contribution in [3.8, 4) is 0 Å². The van der Waals surface area contributed by atoms with Crippen molar-refractivity contribution in [2.24, 2.45) is 0 Å². The zero-order valence-electron chi connectivity index (χ0n) is 5.00. The summed E-state index contributed by atoms with van der Waals surface area (Å²) in [5.74, 6) is -2.94. The van der Waals surface area contributed by atoms with E-state index in [1.165, 1.54) is 6.92 Å². The second-order valence-electron chi connectivity index (χ2n) is 1.80. The van der Waals surface area contributed by atoms with Gasteiger partial charge in [0.25, 0.3) is 5.92 Å². The van der Waals surface area contributed by atoms with Crippen LogP contribution in [0.5, 0.6) is 0 Å². The monoisotopic (exact) mass is 160 g/mol. The lowest BCUT2D eigenvalue weighted by molar-refractivity contribution is -0.0213. The van der Waals surface area contributed by atoms with Crippen molar-refractivity contribution in [1.82, 2.24) is 0 Å². The summed E-state index contributed by atoms with van der Waals surface area (Å²) in [6.07, 6.45) is -1.24. The van der Waals surface area contributed by atoms with E-state index in [1.54, 1.807) is 0 Å². The lowest BCUT2D eigenvalue weighted by Crippen LogP contribution is -2.17. The number of halogens is 4. The molecule has 0 radical (unpaired) electrons. The fourth-order valence-corrected chi connectivity index (χ4v) is 0.596. The second kappa shape index (κ2) is 3.30. The highest BCUT2D eigenvalue weighted by Crippen LogP contribution is 2.26. The standard InChI is InChI=1S/C5H8ClF3/c1-2-5(8,9)3-4(6)7/h4H,2-3H2,1H3. The first-order valence-electron chi connectivity index (χ1n) is 2.64. The molecule has 0 fully saturated rings. The molecular formula is C5H8ClF3. The van der Waals surface area contributed by atoms with E-state index in [2.05, 4.69) is 0 Å². The van der Waals surface area contributed by atoms with E-state index in [-0.39, 0.29) is 6.42 Å². The Kier molecular flexibility index (Phi) is 3.33. The Morgan fingerprint density at radius 1 is 1.56 bits per heavy atom. The van der Waals surface area contributed by atoms with Crippen molar-refractivity contribution in [2.45, 2.75) is 31.3 Å². The molecule has 0 aliphatic rings. The molecule has 0 amide bonds. The normalized spacial score (nSPS) is 15.7. The molecule has 0 aromatic heterocycles. The topological polar surface area (TPSA) is 0 Å². The van der Waals surface area contributed by atoms with Gasteiger partial charge in [0, 0.05) is 6.42 Å². The molecule has 1 atom stereocenters. The quantitative estimate of drug-likeness (QED) is 0.557. The Bertz CT molecular complexity index is 82.3. The Hall–Kier alpha value is 0.0800. The third-order valence-electron chi connectivity index (χ3n) is 0.970. The molecular weight excluding hydrogens is 153 g/mol. The zero-order chi connectivity index (χ0) is 7.49. The first-order valence-corrected chi connectivity index (χ1v) is 3.07. The van der Waals surface area contributed by atoms with Crippen molar-refractivity contribution >= 4 is 11.6 Å². The van der Waals surface area contributed by atoms with E-state index in [0.29, 0.717) is 0 Å². The molecule has 0 rings (SSSR count). The van der Waals surface area contributed by atoms with E-state index in [9.17, 15) is 13.2 Å². The average Bonchev–Trinajstić information content (AvgIpc) is 1.63. The lowest BCUT2D eigenvalue weighted by atomic mass is 10.2. The predicted octanol–water partition coefficient (Wildman–Crippen LogP) is 2.96.